The number of hydrogen-bond donors (Lipinski definition) is 2. The second-order valence-electron chi connectivity index (χ2n) is 5.03. The number of para-hydroxylation sites is 2. The molecule has 1 unspecified atom stereocenters. The molecule has 0 spiro atoms. The zero-order valence-corrected chi connectivity index (χ0v) is 12.5. The summed E-state index contributed by atoms with van der Waals surface area (Å²) in [7, 11) is 0. The number of hydrogen-bond acceptors (Lipinski definition) is 5. The van der Waals surface area contributed by atoms with Crippen molar-refractivity contribution >= 4 is 18.1 Å². The van der Waals surface area contributed by atoms with E-state index in [9.17, 15) is 9.59 Å². The molecule has 1 amide bonds. The smallest absolute Gasteiger partial charge is 0.335 e. The van der Waals surface area contributed by atoms with Crippen LogP contribution in [0.3, 0.4) is 0 Å². The predicted octanol–water partition coefficient (Wildman–Crippen LogP) is 1.67. The molecule has 122 valence electrons. The van der Waals surface area contributed by atoms with Gasteiger partial charge in [-0.05, 0) is 29.8 Å². The summed E-state index contributed by atoms with van der Waals surface area (Å²) in [5.74, 6) is -0.315. The Morgan fingerprint density at radius 1 is 1.12 bits per heavy atom. The van der Waals surface area contributed by atoms with Gasteiger partial charge in [-0.3, -0.25) is 4.79 Å². The van der Waals surface area contributed by atoms with Crippen LogP contribution in [0.25, 0.3) is 0 Å². The average Bonchev–Trinajstić information content (AvgIpc) is 2.61. The van der Waals surface area contributed by atoms with E-state index in [0.29, 0.717) is 17.1 Å². The van der Waals surface area contributed by atoms with E-state index >= 15 is 0 Å². The lowest BCUT2D eigenvalue weighted by atomic mass is 10.1. The van der Waals surface area contributed by atoms with Gasteiger partial charge < -0.3 is 14.6 Å². The molecule has 1 atom stereocenters. The summed E-state index contributed by atoms with van der Waals surface area (Å²) in [6.07, 6.45) is 0.632. The van der Waals surface area contributed by atoms with Crippen molar-refractivity contribution in [3.63, 3.8) is 0 Å². The Hall–Kier alpha value is -3.35. The third kappa shape index (κ3) is 3.52. The van der Waals surface area contributed by atoms with Gasteiger partial charge in [0.2, 0.25) is 6.10 Å². The molecule has 24 heavy (non-hydrogen) atoms. The number of ether oxygens (including phenoxy) is 2. The number of carbonyl (C=O) groups is 2. The molecular weight excluding hydrogens is 312 g/mol. The fourth-order valence-electron chi connectivity index (χ4n) is 2.10. The Bertz CT molecular complexity index is 786. The fraction of sp³-hybridized carbons (Fsp3) is 0.118. The lowest BCUT2D eigenvalue weighted by Gasteiger charge is -2.24. The van der Waals surface area contributed by atoms with E-state index in [1.54, 1.807) is 30.3 Å². The van der Waals surface area contributed by atoms with Crippen LogP contribution in [-0.2, 0) is 4.79 Å². The summed E-state index contributed by atoms with van der Waals surface area (Å²) in [5, 5.41) is 12.7. The monoisotopic (exact) mass is 326 g/mol. The Morgan fingerprint density at radius 3 is 2.54 bits per heavy atom. The van der Waals surface area contributed by atoms with Crippen LogP contribution in [0.15, 0.2) is 53.6 Å². The number of hydrazone groups is 1. The molecule has 0 aliphatic carbocycles. The van der Waals surface area contributed by atoms with Crippen LogP contribution in [0.4, 0.5) is 0 Å². The number of aromatic carboxylic acids is 1. The first-order chi connectivity index (χ1) is 11.6. The highest BCUT2D eigenvalue weighted by Crippen LogP contribution is 2.30. The number of carbonyl (C=O) groups excluding carboxylic acids is 1. The zero-order chi connectivity index (χ0) is 16.9. The van der Waals surface area contributed by atoms with Gasteiger partial charge in [0.15, 0.2) is 11.5 Å². The van der Waals surface area contributed by atoms with Crippen molar-refractivity contribution in [3.05, 3.63) is 59.7 Å². The van der Waals surface area contributed by atoms with Gasteiger partial charge >= 0.3 is 5.97 Å². The molecule has 7 heteroatoms. The van der Waals surface area contributed by atoms with Gasteiger partial charge in [-0.25, -0.2) is 10.2 Å². The second kappa shape index (κ2) is 6.82. The lowest BCUT2D eigenvalue weighted by molar-refractivity contribution is -0.130. The third-order valence-corrected chi connectivity index (χ3v) is 3.35. The van der Waals surface area contributed by atoms with Crippen LogP contribution in [0.1, 0.15) is 15.9 Å². The molecule has 1 aliphatic heterocycles. The van der Waals surface area contributed by atoms with Crippen molar-refractivity contribution < 1.29 is 24.2 Å². The number of carboxylic acids is 1. The second-order valence-corrected chi connectivity index (χ2v) is 5.03. The summed E-state index contributed by atoms with van der Waals surface area (Å²) in [6, 6.07) is 13.2. The van der Waals surface area contributed by atoms with Gasteiger partial charge in [0.05, 0.1) is 11.8 Å². The molecule has 2 N–H and O–H groups in total. The number of amides is 1. The first-order valence-electron chi connectivity index (χ1n) is 7.18. The standard InChI is InChI=1S/C17H14N2O5/c20-16(15-10-23-13-3-1-2-4-14(13)24-15)19-18-9-11-5-7-12(8-6-11)17(21)22/h1-9,15H,10H2,(H,19,20)(H,21,22). The normalized spacial score (nSPS) is 15.9. The van der Waals surface area contributed by atoms with Crippen molar-refractivity contribution in [1.82, 2.24) is 5.43 Å². The topological polar surface area (TPSA) is 97.2 Å². The Balaban J connectivity index is 1.57. The number of benzene rings is 2. The number of nitrogens with one attached hydrogen (secondary N) is 1. The predicted molar refractivity (Wildman–Crippen MR) is 85.5 cm³/mol. The van der Waals surface area contributed by atoms with Gasteiger partial charge in [-0.2, -0.15) is 5.10 Å². The molecule has 1 aliphatic rings. The first-order valence-corrected chi connectivity index (χ1v) is 7.18. The molecule has 0 fully saturated rings. The quantitative estimate of drug-likeness (QED) is 0.658. The minimum Gasteiger partial charge on any atom is -0.485 e. The zero-order valence-electron chi connectivity index (χ0n) is 12.5. The number of rotatable bonds is 4. The van der Waals surface area contributed by atoms with E-state index in [4.69, 9.17) is 14.6 Å². The highest BCUT2D eigenvalue weighted by Gasteiger charge is 2.26. The largest absolute Gasteiger partial charge is 0.485 e. The van der Waals surface area contributed by atoms with Crippen LogP contribution in [-0.4, -0.2) is 35.9 Å². The van der Waals surface area contributed by atoms with Crippen LogP contribution in [0.5, 0.6) is 11.5 Å². The molecule has 3 rings (SSSR count). The molecule has 7 nitrogen and oxygen atoms in total. The molecule has 1 heterocycles. The van der Waals surface area contributed by atoms with Gasteiger partial charge in [0.1, 0.15) is 6.61 Å². The van der Waals surface area contributed by atoms with E-state index in [1.807, 2.05) is 6.07 Å². The highest BCUT2D eigenvalue weighted by molar-refractivity contribution is 5.89. The molecule has 0 bridgehead atoms. The van der Waals surface area contributed by atoms with E-state index in [2.05, 4.69) is 10.5 Å². The van der Waals surface area contributed by atoms with E-state index < -0.39 is 18.0 Å². The Labute approximate surface area is 137 Å². The van der Waals surface area contributed by atoms with Gasteiger partial charge in [-0.15, -0.1) is 0 Å². The minimum absolute atomic E-state index is 0.103. The molecular formula is C17H14N2O5. The van der Waals surface area contributed by atoms with Gasteiger partial charge in [-0.1, -0.05) is 24.3 Å². The molecule has 0 aromatic heterocycles. The average molecular weight is 326 g/mol. The molecule has 2 aromatic carbocycles. The number of carboxylic acid groups (broad SMARTS) is 1. The van der Waals surface area contributed by atoms with Gasteiger partial charge in [0, 0.05) is 0 Å². The highest BCUT2D eigenvalue weighted by atomic mass is 16.6. The number of nitrogens with zero attached hydrogens (tertiary/aromatic N) is 1. The van der Waals surface area contributed by atoms with Crippen LogP contribution >= 0.6 is 0 Å². The SMILES string of the molecule is O=C(O)c1ccc(C=NNC(=O)C2COc3ccccc3O2)cc1. The lowest BCUT2D eigenvalue weighted by Crippen LogP contribution is -2.42. The van der Waals surface area contributed by atoms with E-state index in [0.717, 1.165) is 0 Å². The van der Waals surface area contributed by atoms with Crippen LogP contribution in [0.2, 0.25) is 0 Å². The third-order valence-electron chi connectivity index (χ3n) is 3.35. The maximum absolute atomic E-state index is 12.0. The van der Waals surface area contributed by atoms with Crippen molar-refractivity contribution in [2.24, 2.45) is 5.10 Å². The maximum Gasteiger partial charge on any atom is 0.335 e. The molecule has 0 saturated heterocycles. The van der Waals surface area contributed by atoms with Crippen molar-refractivity contribution in [1.29, 1.82) is 0 Å². The minimum atomic E-state index is -0.999. The van der Waals surface area contributed by atoms with E-state index in [-0.39, 0.29) is 12.2 Å². The summed E-state index contributed by atoms with van der Waals surface area (Å²) in [5.41, 5.74) is 3.22. The van der Waals surface area contributed by atoms with Crippen LogP contribution < -0.4 is 14.9 Å². The van der Waals surface area contributed by atoms with Crippen molar-refractivity contribution in [2.75, 3.05) is 6.61 Å². The molecule has 0 saturated carbocycles. The Morgan fingerprint density at radius 2 is 1.83 bits per heavy atom. The summed E-state index contributed by atoms with van der Waals surface area (Å²) < 4.78 is 11.0. The fourth-order valence-corrected chi connectivity index (χ4v) is 2.10. The van der Waals surface area contributed by atoms with Crippen molar-refractivity contribution in [3.8, 4) is 11.5 Å². The summed E-state index contributed by atoms with van der Waals surface area (Å²) in [6.45, 7) is 0.103. The van der Waals surface area contributed by atoms with Crippen molar-refractivity contribution in [2.45, 2.75) is 6.10 Å². The van der Waals surface area contributed by atoms with Crippen LogP contribution in [0, 0.1) is 0 Å². The molecule has 0 radical (unpaired) electrons. The summed E-state index contributed by atoms with van der Waals surface area (Å²) in [4.78, 5) is 22.8. The molecule has 2 aromatic rings. The van der Waals surface area contributed by atoms with Gasteiger partial charge in [0.25, 0.3) is 5.91 Å². The summed E-state index contributed by atoms with van der Waals surface area (Å²) >= 11 is 0. The number of fused-ring (bicyclic) bond motifs is 1. The first kappa shape index (κ1) is 15.5. The van der Waals surface area contributed by atoms with E-state index in [1.165, 1.54) is 18.3 Å². The maximum atomic E-state index is 12.0. The Kier molecular flexibility index (Phi) is 4.42.